The minimum absolute atomic E-state index is 0.0427. The number of rotatable bonds is 2. The molecule has 4 nitrogen and oxygen atoms in total. The van der Waals surface area contributed by atoms with E-state index in [9.17, 15) is 4.79 Å². The third-order valence-electron chi connectivity index (χ3n) is 2.02. The summed E-state index contributed by atoms with van der Waals surface area (Å²) in [6.45, 7) is 0.218. The average Bonchev–Trinajstić information content (AvgIpc) is 2.51. The highest BCUT2D eigenvalue weighted by Crippen LogP contribution is 2.22. The first kappa shape index (κ1) is 8.90. The second-order valence-corrected chi connectivity index (χ2v) is 2.95. The molecule has 0 aromatic heterocycles. The number of aliphatic imine (C=N–C) groups is 1. The van der Waals surface area contributed by atoms with Gasteiger partial charge in [-0.3, -0.25) is 9.79 Å². The van der Waals surface area contributed by atoms with Crippen molar-refractivity contribution in [3.05, 3.63) is 29.8 Å². The Morgan fingerprint density at radius 2 is 2.14 bits per heavy atom. The van der Waals surface area contributed by atoms with Gasteiger partial charge in [-0.2, -0.15) is 0 Å². The van der Waals surface area contributed by atoms with Gasteiger partial charge in [0, 0.05) is 5.56 Å². The first-order valence-corrected chi connectivity index (χ1v) is 4.39. The summed E-state index contributed by atoms with van der Waals surface area (Å²) in [5.41, 5.74) is 2.01. The molecule has 2 N–H and O–H groups in total. The fourth-order valence-electron chi connectivity index (χ4n) is 1.42. The first-order chi connectivity index (χ1) is 6.83. The van der Waals surface area contributed by atoms with E-state index in [2.05, 4.69) is 10.3 Å². The maximum absolute atomic E-state index is 11.4. The lowest BCUT2D eigenvalue weighted by atomic mass is 10.1. The molecule has 1 amide bonds. The van der Waals surface area contributed by atoms with Crippen molar-refractivity contribution in [1.82, 2.24) is 0 Å². The molecule has 72 valence electrons. The van der Waals surface area contributed by atoms with Crippen LogP contribution >= 0.6 is 0 Å². The number of amides is 1. The molecule has 0 atom stereocenters. The molecule has 4 heteroatoms. The molecule has 0 bridgehead atoms. The van der Waals surface area contributed by atoms with Crippen LogP contribution in [-0.4, -0.2) is 29.9 Å². The highest BCUT2D eigenvalue weighted by molar-refractivity contribution is 6.53. The van der Waals surface area contributed by atoms with Crippen LogP contribution < -0.4 is 5.32 Å². The lowest BCUT2D eigenvalue weighted by Crippen LogP contribution is -2.15. The van der Waals surface area contributed by atoms with E-state index in [1.165, 1.54) is 0 Å². The second-order valence-electron chi connectivity index (χ2n) is 2.95. The van der Waals surface area contributed by atoms with Gasteiger partial charge in [-0.05, 0) is 6.07 Å². The Bertz CT molecular complexity index is 399. The van der Waals surface area contributed by atoms with Crippen molar-refractivity contribution in [2.24, 2.45) is 4.99 Å². The molecule has 0 fully saturated rings. The molecule has 0 radical (unpaired) electrons. The van der Waals surface area contributed by atoms with Crippen LogP contribution in [0.5, 0.6) is 0 Å². The number of hydrogen-bond acceptors (Lipinski definition) is 3. The SMILES string of the molecule is O=C1Nc2ccccc2C1=NCCO. The monoisotopic (exact) mass is 190 g/mol. The van der Waals surface area contributed by atoms with E-state index in [0.717, 1.165) is 11.3 Å². The lowest BCUT2D eigenvalue weighted by molar-refractivity contribution is -0.110. The molecule has 0 saturated heterocycles. The molecule has 0 spiro atoms. The van der Waals surface area contributed by atoms with E-state index in [-0.39, 0.29) is 19.1 Å². The van der Waals surface area contributed by atoms with Gasteiger partial charge in [0.15, 0.2) is 0 Å². The Kier molecular flexibility index (Phi) is 2.28. The quantitative estimate of drug-likeness (QED) is 0.710. The predicted octanol–water partition coefficient (Wildman–Crippen LogP) is 0.420. The number of aliphatic hydroxyl groups is 1. The van der Waals surface area contributed by atoms with Crippen LogP contribution in [0, 0.1) is 0 Å². The minimum Gasteiger partial charge on any atom is -0.394 e. The topological polar surface area (TPSA) is 61.7 Å². The van der Waals surface area contributed by atoms with E-state index in [4.69, 9.17) is 5.11 Å². The number of fused-ring (bicyclic) bond motifs is 1. The largest absolute Gasteiger partial charge is 0.394 e. The Labute approximate surface area is 81.3 Å². The Hall–Kier alpha value is -1.68. The van der Waals surface area contributed by atoms with E-state index in [1.54, 1.807) is 0 Å². The Morgan fingerprint density at radius 3 is 2.93 bits per heavy atom. The van der Waals surface area contributed by atoms with Crippen molar-refractivity contribution < 1.29 is 9.90 Å². The maximum Gasteiger partial charge on any atom is 0.274 e. The number of para-hydroxylation sites is 1. The summed E-state index contributed by atoms with van der Waals surface area (Å²) in [7, 11) is 0. The zero-order valence-corrected chi connectivity index (χ0v) is 7.53. The summed E-state index contributed by atoms with van der Waals surface area (Å²) in [6.07, 6.45) is 0. The van der Waals surface area contributed by atoms with Gasteiger partial charge < -0.3 is 10.4 Å². The van der Waals surface area contributed by atoms with Crippen molar-refractivity contribution in [1.29, 1.82) is 0 Å². The van der Waals surface area contributed by atoms with Gasteiger partial charge in [-0.25, -0.2) is 0 Å². The van der Waals surface area contributed by atoms with Gasteiger partial charge in [0.2, 0.25) is 0 Å². The molecule has 2 rings (SSSR count). The molecule has 1 aliphatic heterocycles. The maximum atomic E-state index is 11.4. The van der Waals surface area contributed by atoms with Gasteiger partial charge in [-0.15, -0.1) is 0 Å². The van der Waals surface area contributed by atoms with Crippen LogP contribution in [0.1, 0.15) is 5.56 Å². The standard InChI is InChI=1S/C10H10N2O2/c13-6-5-11-9-7-3-1-2-4-8(7)12-10(9)14/h1-4,13H,5-6H2,(H,11,12,14). The number of nitrogens with one attached hydrogen (secondary N) is 1. The van der Waals surface area contributed by atoms with Crippen molar-refractivity contribution in [2.45, 2.75) is 0 Å². The first-order valence-electron chi connectivity index (χ1n) is 4.39. The Balaban J connectivity index is 2.39. The number of hydrogen-bond donors (Lipinski definition) is 2. The molecule has 1 aromatic carbocycles. The van der Waals surface area contributed by atoms with Crippen molar-refractivity contribution in [2.75, 3.05) is 18.5 Å². The molecule has 0 unspecified atom stereocenters. The molecule has 0 aliphatic carbocycles. The summed E-state index contributed by atoms with van der Waals surface area (Å²) in [4.78, 5) is 15.4. The van der Waals surface area contributed by atoms with E-state index in [0.29, 0.717) is 5.71 Å². The van der Waals surface area contributed by atoms with Crippen LogP contribution in [0.2, 0.25) is 0 Å². The lowest BCUT2D eigenvalue weighted by Gasteiger charge is -1.95. The number of benzene rings is 1. The third kappa shape index (κ3) is 1.40. The summed E-state index contributed by atoms with van der Waals surface area (Å²) in [6, 6.07) is 7.37. The smallest absolute Gasteiger partial charge is 0.274 e. The summed E-state index contributed by atoms with van der Waals surface area (Å²) in [5.74, 6) is -0.195. The average molecular weight is 190 g/mol. The van der Waals surface area contributed by atoms with Crippen LogP contribution in [0.15, 0.2) is 29.3 Å². The predicted molar refractivity (Wildman–Crippen MR) is 53.6 cm³/mol. The molecule has 0 saturated carbocycles. The van der Waals surface area contributed by atoms with E-state index in [1.807, 2.05) is 24.3 Å². The fraction of sp³-hybridized carbons (Fsp3) is 0.200. The third-order valence-corrected chi connectivity index (χ3v) is 2.02. The van der Waals surface area contributed by atoms with Crippen molar-refractivity contribution >= 4 is 17.3 Å². The van der Waals surface area contributed by atoms with Gasteiger partial charge in [-0.1, -0.05) is 18.2 Å². The second kappa shape index (κ2) is 3.59. The highest BCUT2D eigenvalue weighted by atomic mass is 16.3. The zero-order chi connectivity index (χ0) is 9.97. The van der Waals surface area contributed by atoms with E-state index < -0.39 is 0 Å². The van der Waals surface area contributed by atoms with Crippen LogP contribution in [-0.2, 0) is 4.79 Å². The molecular formula is C10H10N2O2. The number of anilines is 1. The fourth-order valence-corrected chi connectivity index (χ4v) is 1.42. The van der Waals surface area contributed by atoms with Crippen LogP contribution in [0.3, 0.4) is 0 Å². The van der Waals surface area contributed by atoms with Gasteiger partial charge in [0.05, 0.1) is 18.8 Å². The summed E-state index contributed by atoms with van der Waals surface area (Å²) in [5, 5.41) is 11.3. The molecule has 1 heterocycles. The Morgan fingerprint density at radius 1 is 1.36 bits per heavy atom. The molecule has 1 aromatic rings. The van der Waals surface area contributed by atoms with Crippen molar-refractivity contribution in [3.8, 4) is 0 Å². The van der Waals surface area contributed by atoms with E-state index >= 15 is 0 Å². The van der Waals surface area contributed by atoms with Gasteiger partial charge in [0.25, 0.3) is 5.91 Å². The van der Waals surface area contributed by atoms with Crippen molar-refractivity contribution in [3.63, 3.8) is 0 Å². The number of carbonyl (C=O) groups is 1. The highest BCUT2D eigenvalue weighted by Gasteiger charge is 2.24. The van der Waals surface area contributed by atoms with Crippen LogP contribution in [0.25, 0.3) is 0 Å². The normalized spacial score (nSPS) is 16.9. The number of aliphatic hydroxyl groups excluding tert-OH is 1. The van der Waals surface area contributed by atoms with Crippen LogP contribution in [0.4, 0.5) is 5.69 Å². The summed E-state index contributed by atoms with van der Waals surface area (Å²) < 4.78 is 0. The molecular weight excluding hydrogens is 180 g/mol. The van der Waals surface area contributed by atoms with Gasteiger partial charge in [0.1, 0.15) is 5.71 Å². The summed E-state index contributed by atoms with van der Waals surface area (Å²) >= 11 is 0. The molecule has 1 aliphatic rings. The minimum atomic E-state index is -0.195. The van der Waals surface area contributed by atoms with Gasteiger partial charge >= 0.3 is 0 Å². The zero-order valence-electron chi connectivity index (χ0n) is 7.53. The number of nitrogens with zero attached hydrogens (tertiary/aromatic N) is 1. The molecule has 14 heavy (non-hydrogen) atoms. The number of carbonyl (C=O) groups excluding carboxylic acids is 1.